The average molecular weight is 418 g/mol. The quantitative estimate of drug-likeness (QED) is 0.498. The van der Waals surface area contributed by atoms with E-state index in [2.05, 4.69) is 19.2 Å². The first-order valence-electron chi connectivity index (χ1n) is 9.98. The van der Waals surface area contributed by atoms with Crippen molar-refractivity contribution >= 4 is 39.2 Å². The third-order valence-electron chi connectivity index (χ3n) is 5.53. The summed E-state index contributed by atoms with van der Waals surface area (Å²) in [5.74, 6) is 0.654. The van der Waals surface area contributed by atoms with E-state index in [9.17, 15) is 9.59 Å². The van der Waals surface area contributed by atoms with E-state index < -0.39 is 0 Å². The summed E-state index contributed by atoms with van der Waals surface area (Å²) in [5.41, 5.74) is 1.36. The number of carbonyl (C=O) groups excluding carboxylic acids is 1. The normalized spacial score (nSPS) is 15.7. The van der Waals surface area contributed by atoms with Gasteiger partial charge < -0.3 is 5.32 Å². The molecule has 1 N–H and O–H groups in total. The van der Waals surface area contributed by atoms with Crippen LogP contribution in [-0.4, -0.2) is 15.5 Å². The van der Waals surface area contributed by atoms with E-state index in [1.807, 2.05) is 36.4 Å². The molecule has 1 atom stereocenters. The largest absolute Gasteiger partial charge is 0.342 e. The van der Waals surface area contributed by atoms with Gasteiger partial charge in [-0.25, -0.2) is 4.98 Å². The summed E-state index contributed by atoms with van der Waals surface area (Å²) in [7, 11) is 0. The van der Waals surface area contributed by atoms with E-state index in [1.54, 1.807) is 22.8 Å². The molecule has 1 amide bonds. The number of aromatic nitrogens is 2. The van der Waals surface area contributed by atoms with Gasteiger partial charge in [-0.3, -0.25) is 14.2 Å². The summed E-state index contributed by atoms with van der Waals surface area (Å²) in [6, 6.07) is 16.3. The van der Waals surface area contributed by atoms with Crippen LogP contribution >= 0.6 is 11.6 Å². The number of hydrogen-bond donors (Lipinski definition) is 1. The number of nitrogens with one attached hydrogen (secondary N) is 1. The summed E-state index contributed by atoms with van der Waals surface area (Å²) < 4.78 is 1.59. The Morgan fingerprint density at radius 1 is 1.07 bits per heavy atom. The van der Waals surface area contributed by atoms with Crippen molar-refractivity contribution in [2.45, 2.75) is 26.3 Å². The Morgan fingerprint density at radius 3 is 2.53 bits per heavy atom. The second-order valence-corrected chi connectivity index (χ2v) is 8.58. The molecule has 0 aliphatic carbocycles. The summed E-state index contributed by atoms with van der Waals surface area (Å²) in [6.45, 7) is 4.17. The van der Waals surface area contributed by atoms with Crippen LogP contribution in [-0.2, 0) is 0 Å². The number of fused-ring (bicyclic) bond motifs is 5. The molecule has 5 nitrogen and oxygen atoms in total. The van der Waals surface area contributed by atoms with Gasteiger partial charge in [0, 0.05) is 5.02 Å². The van der Waals surface area contributed by atoms with Gasteiger partial charge in [-0.05, 0) is 53.4 Å². The van der Waals surface area contributed by atoms with Crippen molar-refractivity contribution in [1.82, 2.24) is 14.9 Å². The van der Waals surface area contributed by atoms with Crippen LogP contribution in [0.1, 0.15) is 42.5 Å². The van der Waals surface area contributed by atoms with Crippen LogP contribution in [0.4, 0.5) is 0 Å². The fourth-order valence-corrected chi connectivity index (χ4v) is 4.35. The molecule has 1 aromatic heterocycles. The highest BCUT2D eigenvalue weighted by Crippen LogP contribution is 2.31. The summed E-state index contributed by atoms with van der Waals surface area (Å²) in [5, 5.41) is 5.91. The van der Waals surface area contributed by atoms with Crippen molar-refractivity contribution in [2.75, 3.05) is 0 Å². The van der Waals surface area contributed by atoms with E-state index in [4.69, 9.17) is 16.6 Å². The molecular formula is C24H20ClN3O2. The number of benzene rings is 3. The van der Waals surface area contributed by atoms with Crippen molar-refractivity contribution < 1.29 is 4.79 Å². The van der Waals surface area contributed by atoms with Gasteiger partial charge in [0.2, 0.25) is 0 Å². The summed E-state index contributed by atoms with van der Waals surface area (Å²) in [4.78, 5) is 31.6. The van der Waals surface area contributed by atoms with E-state index in [-0.39, 0.29) is 17.5 Å². The standard InChI is InChI=1S/C24H20ClN3O2/c1-13(2)9-20-22-26-19-8-7-16(25)12-17(19)24(30)28(22)21-11-15-6-4-3-5-14(15)10-18(21)23(29)27-20/h3-8,10-13,20H,9H2,1-2H3,(H,27,29). The highest BCUT2D eigenvalue weighted by molar-refractivity contribution is 6.31. The minimum absolute atomic E-state index is 0.201. The van der Waals surface area contributed by atoms with Crippen LogP contribution in [0.3, 0.4) is 0 Å². The van der Waals surface area contributed by atoms with Gasteiger partial charge in [0.05, 0.1) is 28.2 Å². The molecule has 0 bridgehead atoms. The van der Waals surface area contributed by atoms with Crippen molar-refractivity contribution in [3.8, 4) is 5.69 Å². The number of rotatable bonds is 2. The maximum atomic E-state index is 13.6. The third kappa shape index (κ3) is 2.97. The van der Waals surface area contributed by atoms with Crippen LogP contribution in [0, 0.1) is 5.92 Å². The van der Waals surface area contributed by atoms with Crippen LogP contribution < -0.4 is 10.9 Å². The number of hydrogen-bond acceptors (Lipinski definition) is 3. The molecule has 6 heteroatoms. The lowest BCUT2D eigenvalue weighted by atomic mass is 10.0. The molecule has 0 saturated heterocycles. The molecule has 4 aromatic rings. The van der Waals surface area contributed by atoms with Gasteiger partial charge in [0.25, 0.3) is 11.5 Å². The molecule has 1 aliphatic rings. The smallest absolute Gasteiger partial charge is 0.266 e. The zero-order chi connectivity index (χ0) is 21.0. The molecule has 0 fully saturated rings. The van der Waals surface area contributed by atoms with Gasteiger partial charge in [0.15, 0.2) is 0 Å². The zero-order valence-electron chi connectivity index (χ0n) is 16.6. The lowest BCUT2D eigenvalue weighted by molar-refractivity contribution is 0.0933. The summed E-state index contributed by atoms with van der Waals surface area (Å²) >= 11 is 6.16. The highest BCUT2D eigenvalue weighted by Gasteiger charge is 2.30. The monoisotopic (exact) mass is 417 g/mol. The molecular weight excluding hydrogens is 398 g/mol. The molecule has 150 valence electrons. The Labute approximate surface area is 178 Å². The predicted molar refractivity (Wildman–Crippen MR) is 120 cm³/mol. The highest BCUT2D eigenvalue weighted by atomic mass is 35.5. The van der Waals surface area contributed by atoms with Crippen LogP contribution in [0.2, 0.25) is 5.02 Å². The van der Waals surface area contributed by atoms with Crippen molar-refractivity contribution in [3.63, 3.8) is 0 Å². The zero-order valence-corrected chi connectivity index (χ0v) is 17.4. The predicted octanol–water partition coefficient (Wildman–Crippen LogP) is 5.02. The minimum Gasteiger partial charge on any atom is -0.342 e. The minimum atomic E-state index is -0.374. The average Bonchev–Trinajstić information content (AvgIpc) is 2.82. The molecule has 1 aliphatic heterocycles. The van der Waals surface area contributed by atoms with Crippen LogP contribution in [0.25, 0.3) is 27.4 Å². The SMILES string of the molecule is CC(C)CC1NC(=O)c2cc3ccccc3cc2-n2c1nc1ccc(Cl)cc1c2=O. The first-order chi connectivity index (χ1) is 14.4. The Balaban J connectivity index is 1.91. The Hall–Kier alpha value is -3.18. The molecule has 5 rings (SSSR count). The van der Waals surface area contributed by atoms with Crippen molar-refractivity contribution in [2.24, 2.45) is 5.92 Å². The fourth-order valence-electron chi connectivity index (χ4n) is 4.17. The Morgan fingerprint density at radius 2 is 1.80 bits per heavy atom. The molecule has 0 radical (unpaired) electrons. The van der Waals surface area contributed by atoms with E-state index in [1.165, 1.54) is 0 Å². The third-order valence-corrected chi connectivity index (χ3v) is 5.76. The number of nitrogens with zero attached hydrogens (tertiary/aromatic N) is 2. The lowest BCUT2D eigenvalue weighted by Crippen LogP contribution is -2.31. The molecule has 3 aromatic carbocycles. The number of halogens is 1. The molecule has 30 heavy (non-hydrogen) atoms. The number of carbonyl (C=O) groups is 1. The molecule has 2 heterocycles. The van der Waals surface area contributed by atoms with E-state index >= 15 is 0 Å². The number of amides is 1. The van der Waals surface area contributed by atoms with Crippen LogP contribution in [0.15, 0.2) is 59.4 Å². The maximum Gasteiger partial charge on any atom is 0.266 e. The van der Waals surface area contributed by atoms with Gasteiger partial charge in [-0.1, -0.05) is 49.7 Å². The second kappa shape index (κ2) is 6.96. The lowest BCUT2D eigenvalue weighted by Gasteiger charge is -2.20. The molecule has 1 unspecified atom stereocenters. The van der Waals surface area contributed by atoms with Crippen molar-refractivity contribution in [3.05, 3.63) is 81.4 Å². The first-order valence-corrected chi connectivity index (χ1v) is 10.4. The van der Waals surface area contributed by atoms with Gasteiger partial charge in [0.1, 0.15) is 5.82 Å². The van der Waals surface area contributed by atoms with Gasteiger partial charge >= 0.3 is 0 Å². The van der Waals surface area contributed by atoms with Crippen LogP contribution in [0.5, 0.6) is 0 Å². The fraction of sp³-hybridized carbons (Fsp3) is 0.208. The molecule has 0 saturated carbocycles. The Kier molecular flexibility index (Phi) is 4.36. The summed E-state index contributed by atoms with van der Waals surface area (Å²) in [6.07, 6.45) is 0.671. The topological polar surface area (TPSA) is 64.0 Å². The second-order valence-electron chi connectivity index (χ2n) is 8.14. The Bertz CT molecular complexity index is 1390. The van der Waals surface area contributed by atoms with E-state index in [0.717, 1.165) is 10.8 Å². The maximum absolute atomic E-state index is 13.6. The van der Waals surface area contributed by atoms with Gasteiger partial charge in [-0.2, -0.15) is 0 Å². The van der Waals surface area contributed by atoms with E-state index in [0.29, 0.717) is 45.3 Å². The van der Waals surface area contributed by atoms with Crippen molar-refractivity contribution in [1.29, 1.82) is 0 Å². The van der Waals surface area contributed by atoms with Gasteiger partial charge in [-0.15, -0.1) is 0 Å². The first kappa shape index (κ1) is 18.8. The molecule has 0 spiro atoms.